The summed E-state index contributed by atoms with van der Waals surface area (Å²) < 4.78 is 13.3. The third-order valence-electron chi connectivity index (χ3n) is 4.14. The van der Waals surface area contributed by atoms with E-state index in [1.54, 1.807) is 12.3 Å². The molecule has 1 aliphatic rings. The molecular formula is C20H23FN4O. The standard InChI is InChI=1S/C20H23FN4O/c1-25(2)11-3-10-22-15-5-7-16(8-6-15)23-13-18-17-9-4-14(21)12-19(17)24-20(18)26/h4-9,12-13,22-23H,3,10-11H2,1-2H3,(H,24,26). The van der Waals surface area contributed by atoms with E-state index in [0.29, 0.717) is 16.8 Å². The van der Waals surface area contributed by atoms with Crippen LogP contribution in [0.3, 0.4) is 0 Å². The molecule has 2 aromatic rings. The molecule has 3 N–H and O–H groups in total. The van der Waals surface area contributed by atoms with Crippen molar-refractivity contribution in [3.63, 3.8) is 0 Å². The van der Waals surface area contributed by atoms with Crippen LogP contribution in [0.1, 0.15) is 12.0 Å². The fourth-order valence-electron chi connectivity index (χ4n) is 2.78. The summed E-state index contributed by atoms with van der Waals surface area (Å²) in [5, 5.41) is 9.18. The fourth-order valence-corrected chi connectivity index (χ4v) is 2.78. The summed E-state index contributed by atoms with van der Waals surface area (Å²) in [5.74, 6) is -0.607. The van der Waals surface area contributed by atoms with E-state index in [1.165, 1.54) is 12.1 Å². The average molecular weight is 354 g/mol. The highest BCUT2D eigenvalue weighted by molar-refractivity contribution is 6.31. The first-order valence-electron chi connectivity index (χ1n) is 8.59. The zero-order valence-electron chi connectivity index (χ0n) is 15.0. The Morgan fingerprint density at radius 1 is 1.12 bits per heavy atom. The number of nitrogens with one attached hydrogen (secondary N) is 3. The quantitative estimate of drug-likeness (QED) is 0.525. The second-order valence-corrected chi connectivity index (χ2v) is 6.51. The number of carbonyl (C=O) groups is 1. The van der Waals surface area contributed by atoms with Gasteiger partial charge in [0.15, 0.2) is 0 Å². The number of hydrogen-bond donors (Lipinski definition) is 3. The molecule has 0 atom stereocenters. The fraction of sp³-hybridized carbons (Fsp3) is 0.250. The molecule has 0 unspecified atom stereocenters. The molecule has 0 spiro atoms. The molecule has 0 fully saturated rings. The second-order valence-electron chi connectivity index (χ2n) is 6.51. The maximum absolute atomic E-state index is 13.3. The van der Waals surface area contributed by atoms with E-state index < -0.39 is 0 Å². The molecular weight excluding hydrogens is 331 g/mol. The van der Waals surface area contributed by atoms with Crippen LogP contribution in [0.4, 0.5) is 21.5 Å². The van der Waals surface area contributed by atoms with Crippen molar-refractivity contribution in [3.05, 3.63) is 60.0 Å². The molecule has 2 aromatic carbocycles. The molecule has 1 aliphatic heterocycles. The van der Waals surface area contributed by atoms with Crippen molar-refractivity contribution in [1.29, 1.82) is 0 Å². The van der Waals surface area contributed by atoms with E-state index in [1.807, 2.05) is 24.3 Å². The van der Waals surface area contributed by atoms with Gasteiger partial charge < -0.3 is 20.9 Å². The van der Waals surface area contributed by atoms with Crippen molar-refractivity contribution < 1.29 is 9.18 Å². The lowest BCUT2D eigenvalue weighted by molar-refractivity contribution is -0.110. The van der Waals surface area contributed by atoms with Gasteiger partial charge in [-0.2, -0.15) is 0 Å². The number of fused-ring (bicyclic) bond motifs is 1. The smallest absolute Gasteiger partial charge is 0.257 e. The van der Waals surface area contributed by atoms with Crippen molar-refractivity contribution in [2.75, 3.05) is 43.1 Å². The first-order chi connectivity index (χ1) is 12.5. The number of hydrogen-bond acceptors (Lipinski definition) is 4. The van der Waals surface area contributed by atoms with Crippen LogP contribution in [0.15, 0.2) is 48.7 Å². The molecule has 3 rings (SSSR count). The van der Waals surface area contributed by atoms with Crippen LogP contribution in [0.25, 0.3) is 5.57 Å². The summed E-state index contributed by atoms with van der Waals surface area (Å²) in [6, 6.07) is 12.2. The summed E-state index contributed by atoms with van der Waals surface area (Å²) in [6.07, 6.45) is 2.73. The number of nitrogens with zero attached hydrogens (tertiary/aromatic N) is 1. The molecule has 6 heteroatoms. The van der Waals surface area contributed by atoms with Crippen LogP contribution in [-0.2, 0) is 4.79 Å². The van der Waals surface area contributed by atoms with Crippen LogP contribution in [0, 0.1) is 5.82 Å². The van der Waals surface area contributed by atoms with Gasteiger partial charge in [-0.15, -0.1) is 0 Å². The molecule has 0 radical (unpaired) electrons. The van der Waals surface area contributed by atoms with Gasteiger partial charge in [0.25, 0.3) is 5.91 Å². The van der Waals surface area contributed by atoms with Crippen LogP contribution in [0.2, 0.25) is 0 Å². The number of benzene rings is 2. The lowest BCUT2D eigenvalue weighted by Gasteiger charge is -2.11. The molecule has 0 saturated heterocycles. The van der Waals surface area contributed by atoms with Gasteiger partial charge >= 0.3 is 0 Å². The van der Waals surface area contributed by atoms with Gasteiger partial charge in [0.2, 0.25) is 0 Å². The number of amides is 1. The summed E-state index contributed by atoms with van der Waals surface area (Å²) in [7, 11) is 4.13. The third kappa shape index (κ3) is 4.40. The predicted octanol–water partition coefficient (Wildman–Crippen LogP) is 3.59. The Balaban J connectivity index is 1.60. The molecule has 0 bridgehead atoms. The Kier molecular flexibility index (Phi) is 5.53. The predicted molar refractivity (Wildman–Crippen MR) is 105 cm³/mol. The van der Waals surface area contributed by atoms with Crippen molar-refractivity contribution in [3.8, 4) is 0 Å². The van der Waals surface area contributed by atoms with Crippen LogP contribution in [-0.4, -0.2) is 38.0 Å². The van der Waals surface area contributed by atoms with Crippen molar-refractivity contribution in [1.82, 2.24) is 4.90 Å². The minimum atomic E-state index is -0.369. The highest BCUT2D eigenvalue weighted by Crippen LogP contribution is 2.32. The van der Waals surface area contributed by atoms with Crippen LogP contribution < -0.4 is 16.0 Å². The molecule has 0 aromatic heterocycles. The minimum absolute atomic E-state index is 0.239. The number of rotatable bonds is 7. The van der Waals surface area contributed by atoms with Gasteiger partial charge in [-0.05, 0) is 69.5 Å². The lowest BCUT2D eigenvalue weighted by atomic mass is 10.1. The van der Waals surface area contributed by atoms with E-state index in [9.17, 15) is 9.18 Å². The molecule has 26 heavy (non-hydrogen) atoms. The molecule has 0 saturated carbocycles. The summed E-state index contributed by atoms with van der Waals surface area (Å²) in [4.78, 5) is 14.2. The second kappa shape index (κ2) is 8.01. The third-order valence-corrected chi connectivity index (χ3v) is 4.14. The molecule has 1 amide bonds. The average Bonchev–Trinajstić information content (AvgIpc) is 2.92. The molecule has 5 nitrogen and oxygen atoms in total. The van der Waals surface area contributed by atoms with Gasteiger partial charge in [0, 0.05) is 29.7 Å². The Morgan fingerprint density at radius 3 is 2.58 bits per heavy atom. The Bertz CT molecular complexity index is 815. The largest absolute Gasteiger partial charge is 0.385 e. The van der Waals surface area contributed by atoms with Crippen molar-refractivity contribution >= 4 is 28.5 Å². The lowest BCUT2D eigenvalue weighted by Crippen LogP contribution is -2.16. The highest BCUT2D eigenvalue weighted by Gasteiger charge is 2.24. The number of carbonyl (C=O) groups excluding carboxylic acids is 1. The number of anilines is 3. The summed E-state index contributed by atoms with van der Waals surface area (Å²) in [5.41, 5.74) is 3.62. The van der Waals surface area contributed by atoms with Crippen LogP contribution in [0.5, 0.6) is 0 Å². The zero-order chi connectivity index (χ0) is 18.5. The van der Waals surface area contributed by atoms with Gasteiger partial charge in [-0.3, -0.25) is 4.79 Å². The first kappa shape index (κ1) is 17.9. The SMILES string of the molecule is CN(C)CCCNc1ccc(NC=C2C(=O)Nc3cc(F)ccc32)cc1. The summed E-state index contributed by atoms with van der Waals surface area (Å²) in [6.45, 7) is 1.97. The van der Waals surface area contributed by atoms with E-state index in [2.05, 4.69) is 34.9 Å². The number of halogens is 1. The summed E-state index contributed by atoms with van der Waals surface area (Å²) >= 11 is 0. The van der Waals surface area contributed by atoms with E-state index >= 15 is 0 Å². The molecule has 0 aliphatic carbocycles. The monoisotopic (exact) mass is 354 g/mol. The van der Waals surface area contributed by atoms with Crippen molar-refractivity contribution in [2.45, 2.75) is 6.42 Å². The van der Waals surface area contributed by atoms with E-state index in [4.69, 9.17) is 0 Å². The maximum Gasteiger partial charge on any atom is 0.257 e. The molecule has 136 valence electrons. The molecule has 1 heterocycles. The van der Waals surface area contributed by atoms with Gasteiger partial charge in [-0.25, -0.2) is 4.39 Å². The maximum atomic E-state index is 13.3. The van der Waals surface area contributed by atoms with Gasteiger partial charge in [-0.1, -0.05) is 0 Å². The van der Waals surface area contributed by atoms with Gasteiger partial charge in [0.05, 0.1) is 11.3 Å². The first-order valence-corrected chi connectivity index (χ1v) is 8.59. The zero-order valence-corrected chi connectivity index (χ0v) is 15.0. The highest BCUT2D eigenvalue weighted by atomic mass is 19.1. The Labute approximate surface area is 152 Å². The minimum Gasteiger partial charge on any atom is -0.385 e. The topological polar surface area (TPSA) is 56.4 Å². The van der Waals surface area contributed by atoms with Crippen LogP contribution >= 0.6 is 0 Å². The Morgan fingerprint density at radius 2 is 1.85 bits per heavy atom. The Hall–Kier alpha value is -2.86. The normalized spacial score (nSPS) is 14.5. The van der Waals surface area contributed by atoms with Gasteiger partial charge in [0.1, 0.15) is 5.82 Å². The van der Waals surface area contributed by atoms with E-state index in [-0.39, 0.29) is 11.7 Å². The van der Waals surface area contributed by atoms with E-state index in [0.717, 1.165) is 30.9 Å². The van der Waals surface area contributed by atoms with Crippen molar-refractivity contribution in [2.24, 2.45) is 0 Å².